The third-order valence-electron chi connectivity index (χ3n) is 3.95. The van der Waals surface area contributed by atoms with E-state index in [0.717, 1.165) is 16.7 Å². The first-order valence-electron chi connectivity index (χ1n) is 8.02. The first kappa shape index (κ1) is 16.7. The lowest BCUT2D eigenvalue weighted by molar-refractivity contribution is -0.121. The third kappa shape index (κ3) is 4.03. The number of nitrogens with one attached hydrogen (secondary N) is 1. The van der Waals surface area contributed by atoms with E-state index in [1.807, 2.05) is 36.4 Å². The minimum Gasteiger partial charge on any atom is -0.497 e. The van der Waals surface area contributed by atoms with E-state index in [1.54, 1.807) is 25.4 Å². The van der Waals surface area contributed by atoms with E-state index in [4.69, 9.17) is 4.74 Å². The predicted octanol–water partition coefficient (Wildman–Crippen LogP) is 1.76. The number of amides is 1. The minimum atomic E-state index is -0.261. The molecule has 128 valence electrons. The number of ether oxygens (including phenoxy) is 1. The predicted molar refractivity (Wildman–Crippen MR) is 95.7 cm³/mol. The maximum Gasteiger partial charge on any atom is 0.275 e. The first-order chi connectivity index (χ1) is 12.2. The summed E-state index contributed by atoms with van der Waals surface area (Å²) in [5.74, 6) is 0.563. The highest BCUT2D eigenvalue weighted by Gasteiger charge is 2.08. The van der Waals surface area contributed by atoms with Crippen molar-refractivity contribution < 1.29 is 9.53 Å². The highest BCUT2D eigenvalue weighted by atomic mass is 16.5. The fraction of sp³-hybridized carbons (Fsp3) is 0.211. The largest absolute Gasteiger partial charge is 0.497 e. The fourth-order valence-corrected chi connectivity index (χ4v) is 2.57. The quantitative estimate of drug-likeness (QED) is 0.744. The number of rotatable bonds is 6. The molecule has 6 nitrogen and oxygen atoms in total. The van der Waals surface area contributed by atoms with Crippen LogP contribution in [0.4, 0.5) is 0 Å². The fourth-order valence-electron chi connectivity index (χ4n) is 2.57. The molecule has 0 bridgehead atoms. The molecule has 1 aromatic heterocycles. The highest BCUT2D eigenvalue weighted by molar-refractivity contribution is 5.81. The number of nitrogens with zero attached hydrogens (tertiary/aromatic N) is 2. The Kier molecular flexibility index (Phi) is 5.09. The lowest BCUT2D eigenvalue weighted by Crippen LogP contribution is -2.34. The number of carbonyl (C=O) groups is 1. The van der Waals surface area contributed by atoms with Crippen molar-refractivity contribution in [3.05, 3.63) is 70.6 Å². The molecule has 0 aliphatic heterocycles. The number of aromatic nitrogens is 2. The van der Waals surface area contributed by atoms with E-state index < -0.39 is 0 Å². The van der Waals surface area contributed by atoms with Gasteiger partial charge in [-0.15, -0.1) is 0 Å². The summed E-state index contributed by atoms with van der Waals surface area (Å²) >= 11 is 0. The summed E-state index contributed by atoms with van der Waals surface area (Å²) in [4.78, 5) is 24.4. The molecule has 2 aromatic carbocycles. The monoisotopic (exact) mass is 337 g/mol. The van der Waals surface area contributed by atoms with Crippen molar-refractivity contribution in [1.29, 1.82) is 0 Å². The Balaban J connectivity index is 1.57. The number of carbonyl (C=O) groups excluding carboxylic acids is 1. The number of hydrogen-bond acceptors (Lipinski definition) is 4. The van der Waals surface area contributed by atoms with Crippen LogP contribution >= 0.6 is 0 Å². The smallest absolute Gasteiger partial charge is 0.275 e. The maximum atomic E-state index is 12.3. The molecule has 1 amide bonds. The molecule has 3 rings (SSSR count). The summed E-state index contributed by atoms with van der Waals surface area (Å²) in [6, 6.07) is 14.9. The van der Waals surface area contributed by atoms with Crippen molar-refractivity contribution in [3.63, 3.8) is 0 Å². The van der Waals surface area contributed by atoms with Gasteiger partial charge in [-0.25, -0.2) is 4.68 Å². The molecule has 0 saturated heterocycles. The van der Waals surface area contributed by atoms with Crippen LogP contribution in [-0.4, -0.2) is 29.3 Å². The van der Waals surface area contributed by atoms with Gasteiger partial charge in [0.15, 0.2) is 0 Å². The standard InChI is InChI=1S/C19H19N3O3/c1-25-16-8-6-14(7-9-16)10-11-20-18(23)13-22-19(24)17-5-3-2-4-15(17)12-21-22/h2-9,12H,10-11,13H2,1H3,(H,20,23). The van der Waals surface area contributed by atoms with Gasteiger partial charge in [0.05, 0.1) is 18.7 Å². The van der Waals surface area contributed by atoms with E-state index in [1.165, 1.54) is 4.68 Å². The molecule has 0 saturated carbocycles. The maximum absolute atomic E-state index is 12.3. The van der Waals surface area contributed by atoms with Crippen molar-refractivity contribution in [1.82, 2.24) is 15.1 Å². The Labute approximate surface area is 145 Å². The number of fused-ring (bicyclic) bond motifs is 1. The Morgan fingerprint density at radius 3 is 2.68 bits per heavy atom. The van der Waals surface area contributed by atoms with Gasteiger partial charge in [-0.3, -0.25) is 9.59 Å². The van der Waals surface area contributed by atoms with Crippen LogP contribution < -0.4 is 15.6 Å². The SMILES string of the molecule is COc1ccc(CCNC(=O)Cn2ncc3ccccc3c2=O)cc1. The lowest BCUT2D eigenvalue weighted by Gasteiger charge is -2.08. The van der Waals surface area contributed by atoms with Crippen LogP contribution in [0.1, 0.15) is 5.56 Å². The molecular weight excluding hydrogens is 318 g/mol. The number of hydrogen-bond donors (Lipinski definition) is 1. The molecule has 25 heavy (non-hydrogen) atoms. The number of methoxy groups -OCH3 is 1. The van der Waals surface area contributed by atoms with Crippen molar-refractivity contribution in [3.8, 4) is 5.75 Å². The van der Waals surface area contributed by atoms with Crippen LogP contribution in [-0.2, 0) is 17.8 Å². The molecule has 1 heterocycles. The summed E-state index contributed by atoms with van der Waals surface area (Å²) in [5.41, 5.74) is 0.838. The van der Waals surface area contributed by atoms with E-state index in [-0.39, 0.29) is 18.0 Å². The van der Waals surface area contributed by atoms with Gasteiger partial charge >= 0.3 is 0 Å². The average molecular weight is 337 g/mol. The van der Waals surface area contributed by atoms with E-state index in [2.05, 4.69) is 10.4 Å². The Bertz CT molecular complexity index is 933. The second kappa shape index (κ2) is 7.61. The van der Waals surface area contributed by atoms with Crippen LogP contribution in [0.3, 0.4) is 0 Å². The van der Waals surface area contributed by atoms with Crippen LogP contribution in [0.5, 0.6) is 5.75 Å². The van der Waals surface area contributed by atoms with Gasteiger partial charge < -0.3 is 10.1 Å². The summed E-state index contributed by atoms with van der Waals surface area (Å²) in [6.45, 7) is 0.403. The van der Waals surface area contributed by atoms with Gasteiger partial charge in [0.1, 0.15) is 12.3 Å². The minimum absolute atomic E-state index is 0.0910. The van der Waals surface area contributed by atoms with Crippen LogP contribution in [0.2, 0.25) is 0 Å². The van der Waals surface area contributed by atoms with E-state index >= 15 is 0 Å². The lowest BCUT2D eigenvalue weighted by atomic mass is 10.1. The van der Waals surface area contributed by atoms with Gasteiger partial charge in [-0.05, 0) is 30.2 Å². The zero-order valence-corrected chi connectivity index (χ0v) is 13.9. The molecule has 0 unspecified atom stereocenters. The molecule has 0 aliphatic carbocycles. The number of benzene rings is 2. The zero-order valence-electron chi connectivity index (χ0n) is 13.9. The van der Waals surface area contributed by atoms with E-state index in [0.29, 0.717) is 18.4 Å². The van der Waals surface area contributed by atoms with Crippen molar-refractivity contribution in [2.45, 2.75) is 13.0 Å². The highest BCUT2D eigenvalue weighted by Crippen LogP contribution is 2.11. The van der Waals surface area contributed by atoms with Crippen LogP contribution in [0, 0.1) is 0 Å². The molecule has 3 aromatic rings. The van der Waals surface area contributed by atoms with Gasteiger partial charge in [0.25, 0.3) is 5.56 Å². The first-order valence-corrected chi connectivity index (χ1v) is 8.02. The second-order valence-corrected chi connectivity index (χ2v) is 5.64. The Morgan fingerprint density at radius 1 is 1.16 bits per heavy atom. The normalized spacial score (nSPS) is 10.6. The summed E-state index contributed by atoms with van der Waals surface area (Å²) in [5, 5.41) is 8.20. The van der Waals surface area contributed by atoms with Crippen LogP contribution in [0.15, 0.2) is 59.5 Å². The zero-order chi connectivity index (χ0) is 17.6. The van der Waals surface area contributed by atoms with Crippen molar-refractivity contribution in [2.24, 2.45) is 0 Å². The Hall–Kier alpha value is -3.15. The van der Waals surface area contributed by atoms with Gasteiger partial charge in [0.2, 0.25) is 5.91 Å². The van der Waals surface area contributed by atoms with Crippen LogP contribution in [0.25, 0.3) is 10.8 Å². The third-order valence-corrected chi connectivity index (χ3v) is 3.95. The van der Waals surface area contributed by atoms with Gasteiger partial charge in [-0.2, -0.15) is 5.10 Å². The molecule has 0 radical (unpaired) electrons. The van der Waals surface area contributed by atoms with Gasteiger partial charge in [-0.1, -0.05) is 30.3 Å². The second-order valence-electron chi connectivity index (χ2n) is 5.64. The average Bonchev–Trinajstić information content (AvgIpc) is 2.65. The molecule has 0 atom stereocenters. The molecule has 0 fully saturated rings. The van der Waals surface area contributed by atoms with E-state index in [9.17, 15) is 9.59 Å². The van der Waals surface area contributed by atoms with Gasteiger partial charge in [0, 0.05) is 11.9 Å². The molecule has 0 aliphatic rings. The molecule has 1 N–H and O–H groups in total. The molecular formula is C19H19N3O3. The Morgan fingerprint density at radius 2 is 1.92 bits per heavy atom. The summed E-state index contributed by atoms with van der Waals surface area (Å²) in [7, 11) is 1.62. The summed E-state index contributed by atoms with van der Waals surface area (Å²) < 4.78 is 6.30. The molecule has 6 heteroatoms. The topological polar surface area (TPSA) is 73.2 Å². The molecule has 0 spiro atoms. The summed E-state index contributed by atoms with van der Waals surface area (Å²) in [6.07, 6.45) is 2.30. The van der Waals surface area contributed by atoms with Crippen molar-refractivity contribution >= 4 is 16.7 Å². The van der Waals surface area contributed by atoms with Crippen molar-refractivity contribution in [2.75, 3.05) is 13.7 Å².